The smallest absolute Gasteiger partial charge is 0.413 e. The molecule has 0 spiro atoms. The number of aryl methyl sites for hydroxylation is 1. The van der Waals surface area contributed by atoms with Gasteiger partial charge in [-0.15, -0.1) is 0 Å². The average molecular weight is 934 g/mol. The third-order valence-corrected chi connectivity index (χ3v) is 9.92. The minimum atomic E-state index is -0.733. The first-order chi connectivity index (χ1) is 31.1. The molecule has 0 fully saturated rings. The summed E-state index contributed by atoms with van der Waals surface area (Å²) in [6.07, 6.45) is 6.72. The number of rotatable bonds is 30. The molecule has 4 amide bonds. The van der Waals surface area contributed by atoms with Gasteiger partial charge in [-0.05, 0) is 101 Å². The van der Waals surface area contributed by atoms with Crippen LogP contribution in [0.4, 0.5) is 16.4 Å². The van der Waals surface area contributed by atoms with Crippen LogP contribution in [0.25, 0.3) is 0 Å². The number of guanidine groups is 3. The molecule has 0 aliphatic rings. The van der Waals surface area contributed by atoms with E-state index in [0.717, 1.165) is 43.4 Å². The van der Waals surface area contributed by atoms with Gasteiger partial charge in [0.15, 0.2) is 40.4 Å². The second-order valence-corrected chi connectivity index (χ2v) is 15.3. The third-order valence-electron chi connectivity index (χ3n) is 9.64. The number of hydrogen-bond donors (Lipinski definition) is 15. The van der Waals surface area contributed by atoms with Crippen molar-refractivity contribution >= 4 is 64.9 Å². The number of alkyl carbamates (subject to hydrolysis) is 1. The Balaban J connectivity index is 1.76. The Bertz CT molecular complexity index is 1820. The van der Waals surface area contributed by atoms with Gasteiger partial charge in [0.1, 0.15) is 12.4 Å². The number of nitrogens with two attached hydrogens (primary N) is 5. The van der Waals surface area contributed by atoms with Crippen molar-refractivity contribution in [1.29, 1.82) is 16.2 Å². The van der Waals surface area contributed by atoms with E-state index >= 15 is 0 Å². The molecule has 2 atom stereocenters. The summed E-state index contributed by atoms with van der Waals surface area (Å²) in [7, 11) is 1.21. The number of halogens is 1. The lowest BCUT2D eigenvalue weighted by Gasteiger charge is -2.23. The molecule has 0 saturated carbocycles. The second kappa shape index (κ2) is 31.6. The summed E-state index contributed by atoms with van der Waals surface area (Å²) in [5.74, 6) is -1.22. The van der Waals surface area contributed by atoms with Crippen LogP contribution in [0.15, 0.2) is 24.3 Å². The van der Waals surface area contributed by atoms with Gasteiger partial charge >= 0.3 is 6.09 Å². The first-order valence-corrected chi connectivity index (χ1v) is 22.0. The minimum Gasteiger partial charge on any atom is -0.492 e. The molecule has 20 N–H and O–H groups in total. The molecule has 24 nitrogen and oxygen atoms in total. The van der Waals surface area contributed by atoms with Gasteiger partial charge in [-0.2, -0.15) is 0 Å². The lowest BCUT2D eigenvalue weighted by molar-refractivity contribution is -0.123. The van der Waals surface area contributed by atoms with E-state index in [-0.39, 0.29) is 52.2 Å². The van der Waals surface area contributed by atoms with E-state index < -0.39 is 24.1 Å². The molecule has 2 aromatic rings. The number of nitrogen functional groups attached to an aromatic ring is 2. The van der Waals surface area contributed by atoms with Crippen molar-refractivity contribution < 1.29 is 28.7 Å². The summed E-state index contributed by atoms with van der Waals surface area (Å²) in [6, 6.07) is 6.54. The molecule has 1 heterocycles. The first-order valence-electron chi connectivity index (χ1n) is 21.6. The van der Waals surface area contributed by atoms with E-state index in [1.165, 1.54) is 7.11 Å². The summed E-state index contributed by atoms with van der Waals surface area (Å²) in [5.41, 5.74) is 29.6. The van der Waals surface area contributed by atoms with Crippen LogP contribution in [-0.2, 0) is 20.7 Å². The summed E-state index contributed by atoms with van der Waals surface area (Å²) < 4.78 is 10.5. The Hall–Kier alpha value is -6.24. The Morgan fingerprint density at radius 2 is 1.22 bits per heavy atom. The van der Waals surface area contributed by atoms with Crippen molar-refractivity contribution in [3.05, 3.63) is 40.7 Å². The summed E-state index contributed by atoms with van der Waals surface area (Å²) in [4.78, 5) is 58.6. The van der Waals surface area contributed by atoms with Crippen LogP contribution in [0.2, 0.25) is 5.15 Å². The van der Waals surface area contributed by atoms with Gasteiger partial charge in [-0.1, -0.05) is 23.7 Å². The molecular formula is C40H69ClN18O6. The fraction of sp³-hybridized carbons (Fsp3) is 0.575. The van der Waals surface area contributed by atoms with Crippen LogP contribution < -0.4 is 70.6 Å². The Kier molecular flexibility index (Phi) is 26.7. The molecule has 65 heavy (non-hydrogen) atoms. The van der Waals surface area contributed by atoms with Crippen LogP contribution in [0, 0.1) is 16.2 Å². The highest BCUT2D eigenvalue weighted by Gasteiger charge is 2.18. The van der Waals surface area contributed by atoms with E-state index in [1.807, 2.05) is 24.3 Å². The quantitative estimate of drug-likeness (QED) is 0.0270. The fourth-order valence-electron chi connectivity index (χ4n) is 6.04. The highest BCUT2D eigenvalue weighted by atomic mass is 35.5. The molecule has 2 rings (SSSR count). The topological polar surface area (TPSA) is 402 Å². The zero-order valence-electron chi connectivity index (χ0n) is 37.2. The SMILES string of the molecule is COC(=O)NC(=N)NCCCC[C@@H](N)C(=O)NCCCN(CCCNC(=O)[C@H](N)CCCCNC(=N)N)CCOc1ccc(CCCCNC(=N)NC(=O)c2nc(Cl)c(N)nc2N)cc1. The van der Waals surface area contributed by atoms with Crippen LogP contribution in [0.3, 0.4) is 0 Å². The standard InChI is InChI=1S/C40H69ClN18O6/c1-64-40(63)58-39(49)54-19-7-4-12-29(43)35(61)51-21-9-23-59(22-8-20-50-34(60)28(42)11-3-6-17-52-37(46)47)24-25-65-27-15-13-26(14-16-27)10-2-5-18-53-38(48)57-36(62)30-32(44)56-33(45)31(41)55-30/h13-16,28-29H,2-12,17-25,42-43H2,1H3,(H,50,60)(H,51,61)(H4,44,45,56)(H4,46,47,52)(H3,48,53,57,62)(H3,49,54,58,63)/t28-,29-/m1/s1. The zero-order chi connectivity index (χ0) is 48.0. The van der Waals surface area contributed by atoms with Crippen molar-refractivity contribution in [2.24, 2.45) is 17.2 Å². The zero-order valence-corrected chi connectivity index (χ0v) is 37.9. The number of ether oxygens (including phenoxy) is 2. The van der Waals surface area contributed by atoms with Crippen molar-refractivity contribution in [2.75, 3.05) is 77.5 Å². The van der Waals surface area contributed by atoms with Gasteiger partial charge in [-0.25, -0.2) is 14.8 Å². The lowest BCUT2D eigenvalue weighted by Crippen LogP contribution is -2.42. The maximum atomic E-state index is 12.6. The van der Waals surface area contributed by atoms with Gasteiger partial charge in [-0.3, -0.25) is 46.1 Å². The molecule has 0 saturated heterocycles. The molecule has 0 radical (unpaired) electrons. The molecular weight excluding hydrogens is 864 g/mol. The highest BCUT2D eigenvalue weighted by Crippen LogP contribution is 2.17. The number of carbonyl (C=O) groups excluding carboxylic acids is 4. The molecule has 0 unspecified atom stereocenters. The monoisotopic (exact) mass is 933 g/mol. The van der Waals surface area contributed by atoms with Gasteiger partial charge in [0, 0.05) is 39.3 Å². The van der Waals surface area contributed by atoms with Gasteiger partial charge < -0.3 is 64.7 Å². The van der Waals surface area contributed by atoms with E-state index in [2.05, 4.69) is 56.8 Å². The first kappa shape index (κ1) is 54.9. The number of methoxy groups -OCH3 is 1. The van der Waals surface area contributed by atoms with Gasteiger partial charge in [0.05, 0.1) is 19.2 Å². The van der Waals surface area contributed by atoms with Crippen molar-refractivity contribution in [2.45, 2.75) is 82.7 Å². The molecule has 362 valence electrons. The predicted molar refractivity (Wildman–Crippen MR) is 250 cm³/mol. The number of amides is 4. The number of benzene rings is 1. The minimum absolute atomic E-state index is 0.0890. The number of nitrogens with one attached hydrogen (secondary N) is 10. The van der Waals surface area contributed by atoms with Crippen LogP contribution in [0.5, 0.6) is 5.75 Å². The van der Waals surface area contributed by atoms with E-state index in [1.54, 1.807) is 0 Å². The largest absolute Gasteiger partial charge is 0.492 e. The number of aromatic nitrogens is 2. The maximum absolute atomic E-state index is 12.6. The van der Waals surface area contributed by atoms with Crippen LogP contribution >= 0.6 is 11.6 Å². The average Bonchev–Trinajstić information content (AvgIpc) is 3.26. The Labute approximate surface area is 384 Å². The number of unbranched alkanes of at least 4 members (excludes halogenated alkanes) is 3. The Morgan fingerprint density at radius 1 is 0.692 bits per heavy atom. The van der Waals surface area contributed by atoms with E-state index in [9.17, 15) is 19.2 Å². The fourth-order valence-corrected chi connectivity index (χ4v) is 6.17. The summed E-state index contributed by atoms with van der Waals surface area (Å²) in [5, 5.41) is 41.4. The normalized spacial score (nSPS) is 11.7. The third kappa shape index (κ3) is 24.4. The second-order valence-electron chi connectivity index (χ2n) is 14.9. The predicted octanol–water partition coefficient (Wildman–Crippen LogP) is -0.376. The highest BCUT2D eigenvalue weighted by molar-refractivity contribution is 6.31. The number of anilines is 2. The number of carbonyl (C=O) groups is 4. The Morgan fingerprint density at radius 3 is 1.77 bits per heavy atom. The maximum Gasteiger partial charge on any atom is 0.413 e. The van der Waals surface area contributed by atoms with E-state index in [4.69, 9.17) is 61.2 Å². The van der Waals surface area contributed by atoms with Crippen molar-refractivity contribution in [3.63, 3.8) is 0 Å². The number of hydrogen-bond acceptors (Lipinski definition) is 16. The molecule has 1 aromatic carbocycles. The van der Waals surface area contributed by atoms with Crippen molar-refractivity contribution in [1.82, 2.24) is 52.1 Å². The molecule has 0 aliphatic carbocycles. The lowest BCUT2D eigenvalue weighted by atomic mass is 10.1. The molecule has 1 aromatic heterocycles. The van der Waals surface area contributed by atoms with E-state index in [0.29, 0.717) is 97.5 Å². The van der Waals surface area contributed by atoms with Gasteiger partial charge in [0.25, 0.3) is 5.91 Å². The number of nitrogens with zero attached hydrogens (tertiary/aromatic N) is 3. The van der Waals surface area contributed by atoms with Crippen LogP contribution in [0.1, 0.15) is 80.3 Å². The molecule has 0 bridgehead atoms. The van der Waals surface area contributed by atoms with Crippen molar-refractivity contribution in [3.8, 4) is 5.75 Å². The van der Waals surface area contributed by atoms with Gasteiger partial charge in [0.2, 0.25) is 11.8 Å². The summed E-state index contributed by atoms with van der Waals surface area (Å²) in [6.45, 7) is 4.66. The molecule has 0 aliphatic heterocycles. The summed E-state index contributed by atoms with van der Waals surface area (Å²) >= 11 is 5.84. The van der Waals surface area contributed by atoms with Crippen LogP contribution in [-0.4, -0.2) is 135 Å². The molecule has 25 heteroatoms.